The van der Waals surface area contributed by atoms with Crippen molar-refractivity contribution in [3.8, 4) is 5.75 Å². The largest absolute Gasteiger partial charge is 0.573 e. The third-order valence-corrected chi connectivity index (χ3v) is 6.89. The molecule has 0 aliphatic heterocycles. The third kappa shape index (κ3) is 6.14. The molecule has 0 aliphatic rings. The van der Waals surface area contributed by atoms with Crippen molar-refractivity contribution >= 4 is 26.4 Å². The van der Waals surface area contributed by atoms with Crippen molar-refractivity contribution in [2.45, 2.75) is 48.8 Å². The van der Waals surface area contributed by atoms with Gasteiger partial charge >= 0.3 is 6.36 Å². The molecule has 3 aromatic rings. The first kappa shape index (κ1) is 24.8. The summed E-state index contributed by atoms with van der Waals surface area (Å²) in [7, 11) is -4.01. The van der Waals surface area contributed by atoms with E-state index in [9.17, 15) is 21.6 Å². The SMILES string of the molecule is CCc1ccc(S(=O)(=O)c2cnc3ccc(OC(F)(F)F)cc3c2NCCCCCO)cc1. The van der Waals surface area contributed by atoms with E-state index in [4.69, 9.17) is 5.11 Å². The van der Waals surface area contributed by atoms with Gasteiger partial charge in [0.25, 0.3) is 0 Å². The molecule has 0 spiro atoms. The normalized spacial score (nSPS) is 12.2. The molecular formula is C23H25F3N2O4S. The molecule has 0 aliphatic carbocycles. The second kappa shape index (κ2) is 10.4. The number of benzene rings is 2. The molecule has 3 rings (SSSR count). The standard InChI is InChI=1S/C23H25F3N2O4S/c1-2-16-6-9-18(10-7-16)33(30,31)21-15-28-20-11-8-17(32-23(24,25)26)14-19(20)22(21)27-12-4-3-5-13-29/h6-11,14-15,29H,2-5,12-13H2,1H3,(H,27,28). The van der Waals surface area contributed by atoms with Gasteiger partial charge in [0.2, 0.25) is 9.84 Å². The van der Waals surface area contributed by atoms with Crippen LogP contribution in [-0.4, -0.2) is 38.0 Å². The second-order valence-corrected chi connectivity index (χ2v) is 9.35. The van der Waals surface area contributed by atoms with Crippen LogP contribution in [0, 0.1) is 0 Å². The number of anilines is 1. The van der Waals surface area contributed by atoms with E-state index < -0.39 is 21.9 Å². The van der Waals surface area contributed by atoms with E-state index in [1.54, 1.807) is 12.1 Å². The average Bonchev–Trinajstić information content (AvgIpc) is 2.77. The summed E-state index contributed by atoms with van der Waals surface area (Å²) in [4.78, 5) is 4.10. The Kier molecular flexibility index (Phi) is 7.80. The quantitative estimate of drug-likeness (QED) is 0.391. The maximum absolute atomic E-state index is 13.4. The van der Waals surface area contributed by atoms with E-state index in [-0.39, 0.29) is 27.5 Å². The van der Waals surface area contributed by atoms with Crippen LogP contribution in [0.25, 0.3) is 10.9 Å². The zero-order valence-corrected chi connectivity index (χ0v) is 18.8. The van der Waals surface area contributed by atoms with Crippen LogP contribution in [0.3, 0.4) is 0 Å². The summed E-state index contributed by atoms with van der Waals surface area (Å²) in [6.07, 6.45) is -0.990. The van der Waals surface area contributed by atoms with E-state index in [1.165, 1.54) is 24.4 Å². The van der Waals surface area contributed by atoms with Crippen LogP contribution in [0.15, 0.2) is 58.5 Å². The van der Waals surface area contributed by atoms with E-state index in [1.807, 2.05) is 6.92 Å². The number of sulfone groups is 1. The van der Waals surface area contributed by atoms with Gasteiger partial charge in [-0.05, 0) is 61.6 Å². The lowest BCUT2D eigenvalue weighted by Crippen LogP contribution is -2.17. The van der Waals surface area contributed by atoms with Gasteiger partial charge in [-0.3, -0.25) is 4.98 Å². The molecule has 33 heavy (non-hydrogen) atoms. The Hall–Kier alpha value is -2.85. The number of hydrogen-bond acceptors (Lipinski definition) is 6. The second-order valence-electron chi connectivity index (χ2n) is 7.44. The van der Waals surface area contributed by atoms with Crippen LogP contribution in [-0.2, 0) is 16.3 Å². The highest BCUT2D eigenvalue weighted by Crippen LogP contribution is 2.36. The highest BCUT2D eigenvalue weighted by molar-refractivity contribution is 7.91. The average molecular weight is 483 g/mol. The smallest absolute Gasteiger partial charge is 0.406 e. The van der Waals surface area contributed by atoms with E-state index in [2.05, 4.69) is 15.0 Å². The minimum atomic E-state index is -4.89. The van der Waals surface area contributed by atoms with Crippen LogP contribution < -0.4 is 10.1 Å². The maximum atomic E-state index is 13.4. The number of unbranched alkanes of at least 4 members (excludes halogenated alkanes) is 2. The molecule has 0 atom stereocenters. The molecule has 6 nitrogen and oxygen atoms in total. The maximum Gasteiger partial charge on any atom is 0.573 e. The monoisotopic (exact) mass is 482 g/mol. The molecule has 0 saturated carbocycles. The number of alkyl halides is 3. The van der Waals surface area contributed by atoms with Crippen LogP contribution in [0.2, 0.25) is 0 Å². The molecule has 0 fully saturated rings. The van der Waals surface area contributed by atoms with Crippen LogP contribution in [0.4, 0.5) is 18.9 Å². The van der Waals surface area contributed by atoms with E-state index in [0.717, 1.165) is 24.1 Å². The van der Waals surface area contributed by atoms with Crippen molar-refractivity contribution in [1.82, 2.24) is 4.98 Å². The minimum absolute atomic E-state index is 0.0454. The van der Waals surface area contributed by atoms with Gasteiger partial charge in [0, 0.05) is 24.7 Å². The van der Waals surface area contributed by atoms with Gasteiger partial charge in [-0.1, -0.05) is 19.1 Å². The van der Waals surface area contributed by atoms with Crippen molar-refractivity contribution < 1.29 is 31.4 Å². The zero-order chi connectivity index (χ0) is 24.1. The summed E-state index contributed by atoms with van der Waals surface area (Å²) >= 11 is 0. The third-order valence-electron chi connectivity index (χ3n) is 5.11. The summed E-state index contributed by atoms with van der Waals surface area (Å²) in [5.74, 6) is -0.470. The van der Waals surface area contributed by atoms with Crippen molar-refractivity contribution in [3.05, 3.63) is 54.2 Å². The van der Waals surface area contributed by atoms with Gasteiger partial charge in [-0.2, -0.15) is 0 Å². The van der Waals surface area contributed by atoms with Crippen molar-refractivity contribution in [2.24, 2.45) is 0 Å². The van der Waals surface area contributed by atoms with Gasteiger partial charge in [0.05, 0.1) is 16.1 Å². The number of nitrogens with zero attached hydrogens (tertiary/aromatic N) is 1. The molecule has 1 heterocycles. The number of halogens is 3. The molecule has 0 radical (unpaired) electrons. The number of aliphatic hydroxyl groups excluding tert-OH is 1. The fraction of sp³-hybridized carbons (Fsp3) is 0.348. The molecule has 0 bridgehead atoms. The highest BCUT2D eigenvalue weighted by atomic mass is 32.2. The Morgan fingerprint density at radius 1 is 1.06 bits per heavy atom. The Bertz CT molecular complexity index is 1200. The molecule has 10 heteroatoms. The Morgan fingerprint density at radius 3 is 2.42 bits per heavy atom. The van der Waals surface area contributed by atoms with Crippen molar-refractivity contribution in [3.63, 3.8) is 0 Å². The molecule has 0 saturated heterocycles. The van der Waals surface area contributed by atoms with Gasteiger partial charge < -0.3 is 15.2 Å². The van der Waals surface area contributed by atoms with Gasteiger partial charge in [0.1, 0.15) is 10.6 Å². The highest BCUT2D eigenvalue weighted by Gasteiger charge is 2.31. The fourth-order valence-corrected chi connectivity index (χ4v) is 4.79. The fourth-order valence-electron chi connectivity index (χ4n) is 3.39. The topological polar surface area (TPSA) is 88.5 Å². The molecular weight excluding hydrogens is 457 g/mol. The molecule has 0 amide bonds. The Labute approximate surface area is 190 Å². The minimum Gasteiger partial charge on any atom is -0.406 e. The first-order valence-corrected chi connectivity index (χ1v) is 12.0. The van der Waals surface area contributed by atoms with Crippen LogP contribution in [0.5, 0.6) is 5.75 Å². The first-order valence-electron chi connectivity index (χ1n) is 10.5. The predicted octanol–water partition coefficient (Wildman–Crippen LogP) is 5.10. The molecule has 2 aromatic carbocycles. The van der Waals surface area contributed by atoms with E-state index >= 15 is 0 Å². The summed E-state index contributed by atoms with van der Waals surface area (Å²) < 4.78 is 69.1. The van der Waals surface area contributed by atoms with Crippen LogP contribution >= 0.6 is 0 Å². The van der Waals surface area contributed by atoms with Crippen molar-refractivity contribution in [2.75, 3.05) is 18.5 Å². The van der Waals surface area contributed by atoms with Gasteiger partial charge in [-0.15, -0.1) is 13.2 Å². The summed E-state index contributed by atoms with van der Waals surface area (Å²) in [5, 5.41) is 12.2. The lowest BCUT2D eigenvalue weighted by atomic mass is 10.1. The van der Waals surface area contributed by atoms with Gasteiger partial charge in [0.15, 0.2) is 0 Å². The Balaban J connectivity index is 2.10. The number of aryl methyl sites for hydroxylation is 1. The summed E-state index contributed by atoms with van der Waals surface area (Å²) in [5.41, 5.74) is 1.46. The predicted molar refractivity (Wildman–Crippen MR) is 119 cm³/mol. The number of fused-ring (bicyclic) bond motifs is 1. The number of pyridine rings is 1. The summed E-state index contributed by atoms with van der Waals surface area (Å²) in [6, 6.07) is 10.1. The lowest BCUT2D eigenvalue weighted by Gasteiger charge is -2.16. The molecule has 2 N–H and O–H groups in total. The lowest BCUT2D eigenvalue weighted by molar-refractivity contribution is -0.274. The number of aliphatic hydroxyl groups is 1. The first-order chi connectivity index (χ1) is 15.7. The number of ether oxygens (including phenoxy) is 1. The molecule has 0 unspecified atom stereocenters. The van der Waals surface area contributed by atoms with E-state index in [0.29, 0.717) is 31.3 Å². The Morgan fingerprint density at radius 2 is 1.79 bits per heavy atom. The number of nitrogens with one attached hydrogen (secondary N) is 1. The molecule has 178 valence electrons. The zero-order valence-electron chi connectivity index (χ0n) is 18.0. The molecule has 1 aromatic heterocycles. The number of hydrogen-bond donors (Lipinski definition) is 2. The van der Waals surface area contributed by atoms with Crippen molar-refractivity contribution in [1.29, 1.82) is 0 Å². The van der Waals surface area contributed by atoms with Gasteiger partial charge in [-0.25, -0.2) is 8.42 Å². The van der Waals surface area contributed by atoms with Crippen LogP contribution in [0.1, 0.15) is 31.7 Å². The number of rotatable bonds is 10. The number of aromatic nitrogens is 1. The summed E-state index contributed by atoms with van der Waals surface area (Å²) in [6.45, 7) is 2.36.